The van der Waals surface area contributed by atoms with E-state index in [1.165, 1.54) is 37.3 Å². The van der Waals surface area contributed by atoms with Crippen LogP contribution in [-0.4, -0.2) is 19.8 Å². The molecule has 2 heteroatoms. The first-order valence-electron chi connectivity index (χ1n) is 8.27. The van der Waals surface area contributed by atoms with Gasteiger partial charge >= 0.3 is 0 Å². The molecule has 112 valence electrons. The van der Waals surface area contributed by atoms with Crippen LogP contribution in [0, 0.1) is 11.8 Å². The van der Waals surface area contributed by atoms with Crippen LogP contribution in [0.25, 0.3) is 0 Å². The smallest absolute Gasteiger partial charge is 0.0862 e. The third-order valence-electron chi connectivity index (χ3n) is 5.31. The van der Waals surface area contributed by atoms with E-state index in [2.05, 4.69) is 50.3 Å². The second kappa shape index (κ2) is 6.90. The quantitative estimate of drug-likeness (QED) is 0.562. The van der Waals surface area contributed by atoms with Crippen molar-refractivity contribution < 1.29 is 5.11 Å². The summed E-state index contributed by atoms with van der Waals surface area (Å²) < 4.78 is 0. The van der Waals surface area contributed by atoms with Gasteiger partial charge in [-0.25, -0.2) is 0 Å². The molecule has 0 aliphatic heterocycles. The molecule has 0 aromatic heterocycles. The fourth-order valence-electron chi connectivity index (χ4n) is 3.73. The van der Waals surface area contributed by atoms with Gasteiger partial charge in [0.05, 0.1) is 8.07 Å². The van der Waals surface area contributed by atoms with Crippen molar-refractivity contribution in [3.05, 3.63) is 30.3 Å². The van der Waals surface area contributed by atoms with Gasteiger partial charge in [-0.2, -0.15) is 0 Å². The molecular formula is C18H30OSi. The van der Waals surface area contributed by atoms with Crippen molar-refractivity contribution in [2.75, 3.05) is 6.61 Å². The van der Waals surface area contributed by atoms with Crippen molar-refractivity contribution >= 4 is 13.3 Å². The summed E-state index contributed by atoms with van der Waals surface area (Å²) >= 11 is 0. The average molecular weight is 291 g/mol. The molecule has 1 nitrogen and oxygen atoms in total. The SMILES string of the molecule is CCCCC[C@@H]1C[C@@H]1C(CO)[Si](C)(C)c1ccccc1. The van der Waals surface area contributed by atoms with E-state index in [1.54, 1.807) is 0 Å². The lowest BCUT2D eigenvalue weighted by Gasteiger charge is -2.32. The van der Waals surface area contributed by atoms with Crippen molar-refractivity contribution in [1.29, 1.82) is 0 Å². The Hall–Kier alpha value is -0.603. The van der Waals surface area contributed by atoms with Crippen LogP contribution in [0.2, 0.25) is 18.6 Å². The predicted octanol–water partition coefficient (Wildman–Crippen LogP) is 4.18. The molecule has 2 rings (SSSR count). The van der Waals surface area contributed by atoms with Crippen LogP contribution in [0.1, 0.15) is 39.0 Å². The maximum atomic E-state index is 9.96. The monoisotopic (exact) mass is 290 g/mol. The first-order chi connectivity index (χ1) is 9.61. The zero-order valence-corrected chi connectivity index (χ0v) is 14.3. The average Bonchev–Trinajstić information content (AvgIpc) is 3.20. The Kier molecular flexibility index (Phi) is 5.45. The van der Waals surface area contributed by atoms with Gasteiger partial charge in [0.1, 0.15) is 0 Å². The van der Waals surface area contributed by atoms with E-state index in [4.69, 9.17) is 0 Å². The molecule has 1 N–H and O–H groups in total. The number of unbranched alkanes of at least 4 members (excludes halogenated alkanes) is 2. The molecule has 1 fully saturated rings. The van der Waals surface area contributed by atoms with E-state index in [0.717, 1.165) is 11.8 Å². The fourth-order valence-corrected chi connectivity index (χ4v) is 7.15. The number of rotatable bonds is 8. The van der Waals surface area contributed by atoms with Gasteiger partial charge in [-0.3, -0.25) is 0 Å². The summed E-state index contributed by atoms with van der Waals surface area (Å²) in [5.41, 5.74) is 0.538. The highest BCUT2D eigenvalue weighted by Gasteiger charge is 2.48. The Bertz CT molecular complexity index is 401. The summed E-state index contributed by atoms with van der Waals surface area (Å²) in [6.07, 6.45) is 6.80. The standard InChI is InChI=1S/C18H30OSi/c1-4-5-7-10-15-13-17(15)18(14-19)20(2,3)16-11-8-6-9-12-16/h6,8-9,11-12,15,17-19H,4-5,7,10,13-14H2,1-3H3/t15-,17+,18?/m1/s1. The van der Waals surface area contributed by atoms with E-state index in [9.17, 15) is 5.11 Å². The molecule has 0 amide bonds. The van der Waals surface area contributed by atoms with Gasteiger partial charge in [-0.15, -0.1) is 0 Å². The number of benzene rings is 1. The normalized spacial score (nSPS) is 23.6. The molecule has 0 heterocycles. The van der Waals surface area contributed by atoms with E-state index in [0.29, 0.717) is 12.1 Å². The topological polar surface area (TPSA) is 20.2 Å². The number of aliphatic hydroxyl groups is 1. The summed E-state index contributed by atoms with van der Waals surface area (Å²) in [5.74, 6) is 1.69. The lowest BCUT2D eigenvalue weighted by atomic mass is 10.1. The summed E-state index contributed by atoms with van der Waals surface area (Å²) in [4.78, 5) is 0. The van der Waals surface area contributed by atoms with E-state index >= 15 is 0 Å². The zero-order valence-electron chi connectivity index (χ0n) is 13.3. The molecule has 1 aromatic carbocycles. The molecule has 0 saturated heterocycles. The van der Waals surface area contributed by atoms with Gasteiger partial charge in [0.15, 0.2) is 0 Å². The summed E-state index contributed by atoms with van der Waals surface area (Å²) in [6.45, 7) is 7.52. The second-order valence-corrected chi connectivity index (χ2v) is 11.8. The molecule has 3 atom stereocenters. The van der Waals surface area contributed by atoms with Gasteiger partial charge in [0.25, 0.3) is 0 Å². The van der Waals surface area contributed by atoms with Crippen LogP contribution in [0.15, 0.2) is 30.3 Å². The maximum Gasteiger partial charge on any atom is 0.0862 e. The molecule has 1 unspecified atom stereocenters. The van der Waals surface area contributed by atoms with Crippen molar-refractivity contribution in [1.82, 2.24) is 0 Å². The minimum atomic E-state index is -1.55. The van der Waals surface area contributed by atoms with Crippen LogP contribution >= 0.6 is 0 Å². The van der Waals surface area contributed by atoms with Crippen LogP contribution in [0.3, 0.4) is 0 Å². The number of hydrogen-bond acceptors (Lipinski definition) is 1. The largest absolute Gasteiger partial charge is 0.396 e. The van der Waals surface area contributed by atoms with Gasteiger partial charge in [-0.05, 0) is 23.8 Å². The summed E-state index contributed by atoms with van der Waals surface area (Å²) in [6, 6.07) is 10.9. The van der Waals surface area contributed by atoms with Crippen LogP contribution in [0.4, 0.5) is 0 Å². The van der Waals surface area contributed by atoms with Crippen LogP contribution in [-0.2, 0) is 0 Å². The molecule has 1 aromatic rings. The molecule has 1 saturated carbocycles. The summed E-state index contributed by atoms with van der Waals surface area (Å²) in [7, 11) is -1.55. The second-order valence-electron chi connectivity index (χ2n) is 7.03. The van der Waals surface area contributed by atoms with Crippen LogP contribution < -0.4 is 5.19 Å². The van der Waals surface area contributed by atoms with E-state index in [-0.39, 0.29) is 0 Å². The van der Waals surface area contributed by atoms with Gasteiger partial charge in [0, 0.05) is 6.61 Å². The molecule has 0 radical (unpaired) electrons. The van der Waals surface area contributed by atoms with Crippen LogP contribution in [0.5, 0.6) is 0 Å². The van der Waals surface area contributed by atoms with Crippen molar-refractivity contribution in [2.24, 2.45) is 11.8 Å². The zero-order chi connectivity index (χ0) is 14.6. The number of aliphatic hydroxyl groups excluding tert-OH is 1. The minimum Gasteiger partial charge on any atom is -0.396 e. The fraction of sp³-hybridized carbons (Fsp3) is 0.667. The molecule has 0 spiro atoms. The lowest BCUT2D eigenvalue weighted by molar-refractivity contribution is 0.272. The highest BCUT2D eigenvalue weighted by Crippen LogP contribution is 2.52. The lowest BCUT2D eigenvalue weighted by Crippen LogP contribution is -2.48. The maximum absolute atomic E-state index is 9.96. The molecular weight excluding hydrogens is 260 g/mol. The highest BCUT2D eigenvalue weighted by atomic mass is 28.3. The minimum absolute atomic E-state index is 0.378. The van der Waals surface area contributed by atoms with Crippen molar-refractivity contribution in [3.8, 4) is 0 Å². The first-order valence-corrected chi connectivity index (χ1v) is 11.3. The van der Waals surface area contributed by atoms with Crippen molar-refractivity contribution in [3.63, 3.8) is 0 Å². The first kappa shape index (κ1) is 15.8. The van der Waals surface area contributed by atoms with Gasteiger partial charge in [-0.1, -0.05) is 81.2 Å². The number of hydrogen-bond donors (Lipinski definition) is 1. The van der Waals surface area contributed by atoms with Gasteiger partial charge in [0.2, 0.25) is 0 Å². The Morgan fingerprint density at radius 2 is 1.90 bits per heavy atom. The Labute approximate surface area is 125 Å². The molecule has 1 aliphatic rings. The highest BCUT2D eigenvalue weighted by molar-refractivity contribution is 6.91. The third kappa shape index (κ3) is 3.53. The van der Waals surface area contributed by atoms with Crippen molar-refractivity contribution in [2.45, 2.75) is 57.7 Å². The molecule has 1 aliphatic carbocycles. The molecule has 0 bridgehead atoms. The molecule has 20 heavy (non-hydrogen) atoms. The van der Waals surface area contributed by atoms with Gasteiger partial charge < -0.3 is 5.11 Å². The Balaban J connectivity index is 1.99. The predicted molar refractivity (Wildman–Crippen MR) is 90.1 cm³/mol. The van der Waals surface area contributed by atoms with E-state index in [1.807, 2.05) is 0 Å². The Morgan fingerprint density at radius 1 is 1.20 bits per heavy atom. The Morgan fingerprint density at radius 3 is 2.50 bits per heavy atom. The summed E-state index contributed by atoms with van der Waals surface area (Å²) in [5, 5.41) is 11.5. The third-order valence-corrected chi connectivity index (χ3v) is 9.60. The van der Waals surface area contributed by atoms with E-state index < -0.39 is 8.07 Å².